The van der Waals surface area contributed by atoms with Gasteiger partial charge in [-0.05, 0) is 52.4 Å². The van der Waals surface area contributed by atoms with E-state index in [1.54, 1.807) is 22.8 Å². The number of imidazole rings is 1. The summed E-state index contributed by atoms with van der Waals surface area (Å²) in [5.74, 6) is -0.359. The fourth-order valence-corrected chi connectivity index (χ4v) is 2.54. The van der Waals surface area contributed by atoms with Crippen LogP contribution in [0.25, 0.3) is 16.9 Å². The second-order valence-corrected chi connectivity index (χ2v) is 5.57. The van der Waals surface area contributed by atoms with Crippen LogP contribution in [-0.4, -0.2) is 14.5 Å². The molecule has 0 aliphatic heterocycles. The zero-order valence-electron chi connectivity index (χ0n) is 9.32. The Morgan fingerprint density at radius 2 is 2.16 bits per heavy atom. The lowest BCUT2D eigenvalue weighted by atomic mass is 10.3. The molecule has 0 atom stereocenters. The van der Waals surface area contributed by atoms with Crippen molar-refractivity contribution in [3.05, 3.63) is 50.5 Å². The summed E-state index contributed by atoms with van der Waals surface area (Å²) in [5, 5.41) is 0.512. The lowest BCUT2D eigenvalue weighted by Crippen LogP contribution is -1.96. The molecule has 3 aromatic rings. The SMILES string of the molecule is Fc1cc(-n2c(=S)[nH]c3cc(Cl)cnc32)ccc1Br. The third kappa shape index (κ3) is 2.20. The Labute approximate surface area is 126 Å². The molecule has 2 heterocycles. The number of halogens is 3. The molecule has 0 saturated heterocycles. The summed E-state index contributed by atoms with van der Waals surface area (Å²) in [6.45, 7) is 0. The number of nitrogens with one attached hydrogen (secondary N) is 1. The average molecular weight is 359 g/mol. The number of hydrogen-bond acceptors (Lipinski definition) is 2. The van der Waals surface area contributed by atoms with E-state index in [1.807, 2.05) is 0 Å². The molecule has 3 rings (SSSR count). The van der Waals surface area contributed by atoms with Crippen LogP contribution < -0.4 is 0 Å². The second-order valence-electron chi connectivity index (χ2n) is 3.89. The smallest absolute Gasteiger partial charge is 0.184 e. The van der Waals surface area contributed by atoms with E-state index in [9.17, 15) is 4.39 Å². The number of aromatic nitrogens is 3. The molecule has 96 valence electrons. The van der Waals surface area contributed by atoms with Crippen molar-refractivity contribution >= 4 is 50.9 Å². The van der Waals surface area contributed by atoms with Crippen molar-refractivity contribution in [3.8, 4) is 5.69 Å². The standard InChI is InChI=1S/C12H6BrClFN3S/c13-8-2-1-7(4-9(8)15)18-11-10(17-12(18)19)3-6(14)5-16-11/h1-5H,(H,17,19). The van der Waals surface area contributed by atoms with Crippen LogP contribution in [-0.2, 0) is 0 Å². The number of rotatable bonds is 1. The third-order valence-corrected chi connectivity index (χ3v) is 3.79. The van der Waals surface area contributed by atoms with E-state index in [2.05, 4.69) is 25.9 Å². The highest BCUT2D eigenvalue weighted by atomic mass is 79.9. The summed E-state index contributed by atoms with van der Waals surface area (Å²) >= 11 is 14.2. The van der Waals surface area contributed by atoms with Crippen molar-refractivity contribution in [3.63, 3.8) is 0 Å². The van der Waals surface area contributed by atoms with Gasteiger partial charge in [0.05, 0.1) is 20.7 Å². The number of nitrogens with zero attached hydrogens (tertiary/aromatic N) is 2. The van der Waals surface area contributed by atoms with Gasteiger partial charge < -0.3 is 4.98 Å². The predicted molar refractivity (Wildman–Crippen MR) is 78.9 cm³/mol. The molecule has 3 nitrogen and oxygen atoms in total. The summed E-state index contributed by atoms with van der Waals surface area (Å²) in [7, 11) is 0. The van der Waals surface area contributed by atoms with E-state index >= 15 is 0 Å². The first kappa shape index (κ1) is 12.8. The Kier molecular flexibility index (Phi) is 3.16. The number of benzene rings is 1. The van der Waals surface area contributed by atoms with Crippen LogP contribution in [0.5, 0.6) is 0 Å². The molecule has 0 spiro atoms. The molecule has 2 aromatic heterocycles. The van der Waals surface area contributed by atoms with E-state index in [0.717, 1.165) is 0 Å². The molecular formula is C12H6BrClFN3S. The number of H-pyrrole nitrogens is 1. The summed E-state index contributed by atoms with van der Waals surface area (Å²) in [5.41, 5.74) is 1.92. The monoisotopic (exact) mass is 357 g/mol. The summed E-state index contributed by atoms with van der Waals surface area (Å²) in [4.78, 5) is 7.23. The van der Waals surface area contributed by atoms with Gasteiger partial charge in [0, 0.05) is 6.20 Å². The van der Waals surface area contributed by atoms with Crippen LogP contribution in [0, 0.1) is 10.6 Å². The number of fused-ring (bicyclic) bond motifs is 1. The maximum absolute atomic E-state index is 13.6. The Hall–Kier alpha value is -1.24. The van der Waals surface area contributed by atoms with Crippen LogP contribution >= 0.6 is 39.7 Å². The molecule has 1 aromatic carbocycles. The van der Waals surface area contributed by atoms with Crippen molar-refractivity contribution < 1.29 is 4.39 Å². The van der Waals surface area contributed by atoms with Gasteiger partial charge in [0.2, 0.25) is 0 Å². The van der Waals surface area contributed by atoms with Gasteiger partial charge in [-0.2, -0.15) is 0 Å². The molecular weight excluding hydrogens is 353 g/mol. The van der Waals surface area contributed by atoms with E-state index in [-0.39, 0.29) is 5.82 Å². The lowest BCUT2D eigenvalue weighted by Gasteiger charge is -2.04. The molecule has 0 fully saturated rings. The van der Waals surface area contributed by atoms with Crippen molar-refractivity contribution in [2.75, 3.05) is 0 Å². The number of hydrogen-bond donors (Lipinski definition) is 1. The van der Waals surface area contributed by atoms with Crippen LogP contribution in [0.15, 0.2) is 34.9 Å². The molecule has 0 aliphatic rings. The molecule has 0 aliphatic carbocycles. The van der Waals surface area contributed by atoms with Crippen molar-refractivity contribution in [1.29, 1.82) is 0 Å². The predicted octanol–water partition coefficient (Wildman–Crippen LogP) is 4.64. The molecule has 19 heavy (non-hydrogen) atoms. The first-order valence-electron chi connectivity index (χ1n) is 5.28. The van der Waals surface area contributed by atoms with E-state index < -0.39 is 0 Å². The summed E-state index contributed by atoms with van der Waals surface area (Å²) < 4.78 is 16.1. The van der Waals surface area contributed by atoms with Gasteiger partial charge >= 0.3 is 0 Å². The molecule has 0 saturated carbocycles. The second kappa shape index (κ2) is 4.70. The normalized spacial score (nSPS) is 11.1. The molecule has 7 heteroatoms. The summed E-state index contributed by atoms with van der Waals surface area (Å²) in [6.07, 6.45) is 1.53. The fraction of sp³-hybridized carbons (Fsp3) is 0. The largest absolute Gasteiger partial charge is 0.329 e. The van der Waals surface area contributed by atoms with Crippen LogP contribution in [0.4, 0.5) is 4.39 Å². The van der Waals surface area contributed by atoms with E-state index in [4.69, 9.17) is 23.8 Å². The maximum atomic E-state index is 13.6. The molecule has 1 N–H and O–H groups in total. The highest BCUT2D eigenvalue weighted by Gasteiger charge is 2.10. The van der Waals surface area contributed by atoms with Gasteiger partial charge in [0.25, 0.3) is 0 Å². The third-order valence-electron chi connectivity index (χ3n) is 2.65. The van der Waals surface area contributed by atoms with E-state index in [1.165, 1.54) is 12.3 Å². The fourth-order valence-electron chi connectivity index (χ4n) is 1.83. The quantitative estimate of drug-likeness (QED) is 0.643. The van der Waals surface area contributed by atoms with Crippen molar-refractivity contribution in [2.24, 2.45) is 0 Å². The first-order valence-corrected chi connectivity index (χ1v) is 6.86. The Morgan fingerprint density at radius 1 is 1.37 bits per heavy atom. The van der Waals surface area contributed by atoms with E-state index in [0.29, 0.717) is 31.1 Å². The van der Waals surface area contributed by atoms with Crippen LogP contribution in [0.2, 0.25) is 5.02 Å². The number of aromatic amines is 1. The minimum absolute atomic E-state index is 0.359. The topological polar surface area (TPSA) is 33.6 Å². The highest BCUT2D eigenvalue weighted by Crippen LogP contribution is 2.23. The van der Waals surface area contributed by atoms with Crippen molar-refractivity contribution in [2.45, 2.75) is 0 Å². The van der Waals surface area contributed by atoms with Gasteiger partial charge in [0.1, 0.15) is 5.82 Å². The van der Waals surface area contributed by atoms with Crippen LogP contribution in [0.1, 0.15) is 0 Å². The Balaban J connectivity index is 2.32. The van der Waals surface area contributed by atoms with Gasteiger partial charge in [-0.15, -0.1) is 0 Å². The minimum atomic E-state index is -0.359. The minimum Gasteiger partial charge on any atom is -0.329 e. The first-order chi connectivity index (χ1) is 9.06. The van der Waals surface area contributed by atoms with Gasteiger partial charge in [-0.25, -0.2) is 9.37 Å². The average Bonchev–Trinajstić information content (AvgIpc) is 2.68. The molecule has 0 radical (unpaired) electrons. The lowest BCUT2D eigenvalue weighted by molar-refractivity contribution is 0.620. The van der Waals surface area contributed by atoms with Gasteiger partial charge in [-0.1, -0.05) is 11.6 Å². The Morgan fingerprint density at radius 3 is 2.89 bits per heavy atom. The number of pyridine rings is 1. The maximum Gasteiger partial charge on any atom is 0.184 e. The Bertz CT molecular complexity index is 843. The van der Waals surface area contributed by atoms with Gasteiger partial charge in [-0.3, -0.25) is 4.57 Å². The summed E-state index contributed by atoms with van der Waals surface area (Å²) in [6, 6.07) is 6.50. The van der Waals surface area contributed by atoms with Crippen molar-refractivity contribution in [1.82, 2.24) is 14.5 Å². The molecule has 0 bridgehead atoms. The van der Waals surface area contributed by atoms with Gasteiger partial charge in [0.15, 0.2) is 10.4 Å². The zero-order chi connectivity index (χ0) is 13.6. The molecule has 0 unspecified atom stereocenters. The zero-order valence-corrected chi connectivity index (χ0v) is 12.5. The highest BCUT2D eigenvalue weighted by molar-refractivity contribution is 9.10. The molecule has 0 amide bonds. The van der Waals surface area contributed by atoms with Crippen LogP contribution in [0.3, 0.4) is 0 Å².